The predicted octanol–water partition coefficient (Wildman–Crippen LogP) is 3.49. The highest BCUT2D eigenvalue weighted by Crippen LogP contribution is 2.83. The molecule has 0 aromatic heterocycles. The Morgan fingerprint density at radius 2 is 1.55 bits per heavy atom. The van der Waals surface area contributed by atoms with Gasteiger partial charge in [-0.2, -0.15) is 10.5 Å². The fourth-order valence-corrected chi connectivity index (χ4v) is 4.89. The topological polar surface area (TPSA) is 132 Å². The molecule has 9 nitrogen and oxygen atoms in total. The van der Waals surface area contributed by atoms with Gasteiger partial charge >= 0.3 is 0 Å². The Morgan fingerprint density at radius 1 is 0.939 bits per heavy atom. The summed E-state index contributed by atoms with van der Waals surface area (Å²) in [7, 11) is 4.52. The first-order valence-electron chi connectivity index (χ1n) is 11.2. The van der Waals surface area contributed by atoms with Crippen LogP contribution in [-0.4, -0.2) is 46.3 Å². The smallest absolute Gasteiger partial charge is 0.293 e. The van der Waals surface area contributed by atoms with Gasteiger partial charge in [0.25, 0.3) is 5.91 Å². The van der Waals surface area contributed by atoms with E-state index < -0.39 is 22.7 Å². The Labute approximate surface area is 195 Å². The third-order valence-electron chi connectivity index (χ3n) is 6.56. The lowest BCUT2D eigenvalue weighted by Gasteiger charge is -2.33. The van der Waals surface area contributed by atoms with E-state index in [0.717, 1.165) is 25.7 Å². The molecule has 3 unspecified atom stereocenters. The van der Waals surface area contributed by atoms with Crippen molar-refractivity contribution in [1.29, 1.82) is 10.5 Å². The molecule has 3 rings (SSSR count). The minimum absolute atomic E-state index is 0.0291. The van der Waals surface area contributed by atoms with Gasteiger partial charge in [0.05, 0.1) is 46.7 Å². The maximum atomic E-state index is 10.6. The molecule has 1 fully saturated rings. The molecule has 1 aromatic carbocycles. The van der Waals surface area contributed by atoms with Gasteiger partial charge in [-0.25, -0.2) is 4.99 Å². The van der Waals surface area contributed by atoms with Crippen molar-refractivity contribution in [2.75, 3.05) is 34.5 Å². The van der Waals surface area contributed by atoms with Crippen molar-refractivity contribution in [1.82, 2.24) is 0 Å². The number of hydrogen-bond acceptors (Lipinski definition) is 9. The van der Waals surface area contributed by atoms with Gasteiger partial charge in [0, 0.05) is 11.5 Å². The van der Waals surface area contributed by atoms with E-state index >= 15 is 0 Å². The molecule has 0 spiro atoms. The van der Waals surface area contributed by atoms with Crippen LogP contribution in [0.1, 0.15) is 51.0 Å². The second-order valence-corrected chi connectivity index (χ2v) is 8.18. The Morgan fingerprint density at radius 3 is 2.00 bits per heavy atom. The highest BCUT2D eigenvalue weighted by molar-refractivity contribution is 6.00. The van der Waals surface area contributed by atoms with Crippen molar-refractivity contribution in [2.45, 2.75) is 51.4 Å². The molecular weight excluding hydrogens is 424 g/mol. The normalized spacial score (nSPS) is 26.5. The van der Waals surface area contributed by atoms with Crippen molar-refractivity contribution in [3.05, 3.63) is 17.7 Å². The van der Waals surface area contributed by atoms with Crippen LogP contribution in [0, 0.1) is 33.5 Å². The monoisotopic (exact) mass is 456 g/mol. The summed E-state index contributed by atoms with van der Waals surface area (Å²) in [5.41, 5.74) is 4.06. The van der Waals surface area contributed by atoms with Gasteiger partial charge in [-0.15, -0.1) is 0 Å². The average Bonchev–Trinajstić information content (AvgIpc) is 3.41. The van der Waals surface area contributed by atoms with Crippen molar-refractivity contribution >= 4 is 5.84 Å². The van der Waals surface area contributed by atoms with Crippen LogP contribution in [0.2, 0.25) is 0 Å². The van der Waals surface area contributed by atoms with Crippen LogP contribution >= 0.6 is 0 Å². The summed E-state index contributed by atoms with van der Waals surface area (Å²) in [4.78, 5) is 4.50. The van der Waals surface area contributed by atoms with Crippen molar-refractivity contribution in [2.24, 2.45) is 21.6 Å². The van der Waals surface area contributed by atoms with Crippen LogP contribution in [0.3, 0.4) is 0 Å². The van der Waals surface area contributed by atoms with Crippen LogP contribution in [0.4, 0.5) is 0 Å². The van der Waals surface area contributed by atoms with Gasteiger partial charge in [-0.1, -0.05) is 32.8 Å². The van der Waals surface area contributed by atoms with E-state index in [9.17, 15) is 10.5 Å². The van der Waals surface area contributed by atoms with E-state index in [1.165, 1.54) is 21.3 Å². The van der Waals surface area contributed by atoms with Crippen molar-refractivity contribution in [3.8, 4) is 29.4 Å². The summed E-state index contributed by atoms with van der Waals surface area (Å²) >= 11 is 0. The number of methoxy groups -OCH3 is 3. The molecule has 178 valence electrons. The summed E-state index contributed by atoms with van der Waals surface area (Å²) in [6, 6.07) is 8.12. The van der Waals surface area contributed by atoms with Crippen LogP contribution in [0.15, 0.2) is 17.1 Å². The lowest BCUT2D eigenvalue weighted by molar-refractivity contribution is -0.260. The Balaban J connectivity index is 2.21. The summed E-state index contributed by atoms with van der Waals surface area (Å²) in [6.07, 6.45) is 3.28. The summed E-state index contributed by atoms with van der Waals surface area (Å²) in [5.74, 6) is -1.16. The first-order chi connectivity index (χ1) is 15.9. The number of nitriles is 2. The number of rotatable bonds is 12. The van der Waals surface area contributed by atoms with Gasteiger partial charge in [-0.3, -0.25) is 0 Å². The SMILES string of the molecule is CCCCOC1(OCCCC)N=C(N)C2(C#N)C(c3ccc(OC)c(OC)c3OC)C12C#N. The first-order valence-corrected chi connectivity index (χ1v) is 11.2. The van der Waals surface area contributed by atoms with Crippen LogP contribution in [0.5, 0.6) is 17.2 Å². The number of nitrogens with two attached hydrogens (primary N) is 1. The Kier molecular flexibility index (Phi) is 7.06. The second kappa shape index (κ2) is 9.46. The van der Waals surface area contributed by atoms with Crippen LogP contribution < -0.4 is 19.9 Å². The van der Waals surface area contributed by atoms with E-state index in [1.807, 2.05) is 13.8 Å². The van der Waals surface area contributed by atoms with Gasteiger partial charge in [0.2, 0.25) is 5.75 Å². The first kappa shape index (κ1) is 24.6. The van der Waals surface area contributed by atoms with Gasteiger partial charge in [0.1, 0.15) is 11.3 Å². The van der Waals surface area contributed by atoms with E-state index in [1.54, 1.807) is 12.1 Å². The average molecular weight is 457 g/mol. The molecule has 0 bridgehead atoms. The highest BCUT2D eigenvalue weighted by atomic mass is 16.7. The lowest BCUT2D eigenvalue weighted by atomic mass is 9.93. The highest BCUT2D eigenvalue weighted by Gasteiger charge is 2.94. The van der Waals surface area contributed by atoms with E-state index in [0.29, 0.717) is 36.0 Å². The van der Waals surface area contributed by atoms with E-state index in [2.05, 4.69) is 17.1 Å². The molecule has 0 amide bonds. The van der Waals surface area contributed by atoms with Crippen molar-refractivity contribution < 1.29 is 23.7 Å². The number of fused-ring (bicyclic) bond motifs is 1. The molecule has 1 aromatic rings. The van der Waals surface area contributed by atoms with Crippen LogP contribution in [0.25, 0.3) is 0 Å². The third kappa shape index (κ3) is 3.22. The van der Waals surface area contributed by atoms with Gasteiger partial charge in [-0.05, 0) is 18.9 Å². The number of unbranched alkanes of at least 4 members (excludes halogenated alkanes) is 2. The minimum atomic E-state index is -1.69. The third-order valence-corrected chi connectivity index (χ3v) is 6.56. The fourth-order valence-electron chi connectivity index (χ4n) is 4.89. The fraction of sp³-hybridized carbons (Fsp3) is 0.625. The molecule has 1 saturated carbocycles. The number of aliphatic imine (C=N–C) groups is 1. The molecule has 1 aliphatic heterocycles. The summed E-state index contributed by atoms with van der Waals surface area (Å²) < 4.78 is 29.0. The molecular formula is C24H32N4O5. The maximum absolute atomic E-state index is 10.6. The molecule has 1 aliphatic carbocycles. The van der Waals surface area contributed by atoms with Gasteiger partial charge in [0.15, 0.2) is 16.9 Å². The number of amidine groups is 1. The Hall–Kier alpha value is -3.01. The largest absolute Gasteiger partial charge is 0.493 e. The molecule has 3 atom stereocenters. The molecule has 0 radical (unpaired) electrons. The summed E-state index contributed by atoms with van der Waals surface area (Å²) in [5, 5.41) is 20.9. The van der Waals surface area contributed by atoms with Gasteiger partial charge < -0.3 is 29.4 Å². The zero-order valence-corrected chi connectivity index (χ0v) is 19.9. The molecule has 0 saturated heterocycles. The van der Waals surface area contributed by atoms with E-state index in [4.69, 9.17) is 29.4 Å². The predicted molar refractivity (Wildman–Crippen MR) is 121 cm³/mol. The number of hydrogen-bond donors (Lipinski definition) is 1. The standard InChI is InChI=1S/C24H32N4O5/c1-6-8-12-32-24(33-13-9-7-2)23(15-26)20(22(23,14-25)21(27)28-24)16-10-11-17(29-3)19(31-5)18(16)30-4/h10-11,20H,6-9,12-13H2,1-5H3,(H2,27,28). The molecule has 9 heteroatoms. The number of nitrogens with zero attached hydrogens (tertiary/aromatic N) is 3. The van der Waals surface area contributed by atoms with Crippen molar-refractivity contribution in [3.63, 3.8) is 0 Å². The zero-order valence-electron chi connectivity index (χ0n) is 19.9. The molecule has 2 aliphatic rings. The molecule has 33 heavy (non-hydrogen) atoms. The zero-order chi connectivity index (χ0) is 24.3. The number of benzene rings is 1. The molecule has 1 heterocycles. The quantitative estimate of drug-likeness (QED) is 0.373. The number of ether oxygens (including phenoxy) is 5. The second-order valence-electron chi connectivity index (χ2n) is 8.18. The Bertz CT molecular complexity index is 988. The minimum Gasteiger partial charge on any atom is -0.493 e. The van der Waals surface area contributed by atoms with Crippen LogP contribution in [-0.2, 0) is 9.47 Å². The summed E-state index contributed by atoms with van der Waals surface area (Å²) in [6.45, 7) is 4.71. The molecule has 2 N–H and O–H groups in total. The maximum Gasteiger partial charge on any atom is 0.293 e. The van der Waals surface area contributed by atoms with E-state index in [-0.39, 0.29) is 5.84 Å². The lowest BCUT2D eigenvalue weighted by Crippen LogP contribution is -2.44.